The van der Waals surface area contributed by atoms with Crippen molar-refractivity contribution in [1.82, 2.24) is 9.78 Å². The number of halogens is 1. The minimum atomic E-state index is -0.411. The van der Waals surface area contributed by atoms with E-state index in [4.69, 9.17) is 10.5 Å². The van der Waals surface area contributed by atoms with Crippen LogP contribution in [0.3, 0.4) is 0 Å². The van der Waals surface area contributed by atoms with Gasteiger partial charge in [-0.15, -0.1) is 0 Å². The molecule has 0 aliphatic rings. The maximum absolute atomic E-state index is 13.8. The van der Waals surface area contributed by atoms with Crippen molar-refractivity contribution in [2.75, 3.05) is 7.11 Å². The molecular weight excluding hydrogens is 233 g/mol. The largest absolute Gasteiger partial charge is 0.497 e. The minimum absolute atomic E-state index is 0.349. The summed E-state index contributed by atoms with van der Waals surface area (Å²) in [5.74, 6) is 0.138. The smallest absolute Gasteiger partial charge is 0.131 e. The molecule has 0 aliphatic carbocycles. The van der Waals surface area contributed by atoms with Crippen LogP contribution < -0.4 is 10.5 Å². The van der Waals surface area contributed by atoms with E-state index in [-0.39, 0.29) is 5.82 Å². The van der Waals surface area contributed by atoms with Crippen LogP contribution in [-0.2, 0) is 13.5 Å². The summed E-state index contributed by atoms with van der Waals surface area (Å²) < 4.78 is 20.5. The van der Waals surface area contributed by atoms with E-state index in [9.17, 15) is 4.39 Å². The molecule has 0 spiro atoms. The second-order valence-electron chi connectivity index (χ2n) is 4.18. The van der Waals surface area contributed by atoms with Crippen LogP contribution in [0.5, 0.6) is 5.75 Å². The van der Waals surface area contributed by atoms with Crippen molar-refractivity contribution in [3.05, 3.63) is 47.5 Å². The number of nitrogens with zero attached hydrogens (tertiary/aromatic N) is 2. The number of benzene rings is 1. The highest BCUT2D eigenvalue weighted by atomic mass is 19.1. The molecule has 0 amide bonds. The molecule has 0 bridgehead atoms. The lowest BCUT2D eigenvalue weighted by molar-refractivity contribution is 0.410. The number of hydrogen-bond donors (Lipinski definition) is 1. The first kappa shape index (κ1) is 12.6. The monoisotopic (exact) mass is 249 g/mol. The Balaban J connectivity index is 2.15. The van der Waals surface area contributed by atoms with Crippen molar-refractivity contribution < 1.29 is 9.13 Å². The molecule has 96 valence electrons. The standard InChI is InChI=1S/C13H16FN3O/c1-17-6-5-9(16-17)7-13(15)11-4-3-10(18-2)8-12(11)14/h3-6,8,13H,7,15H2,1-2H3. The second-order valence-corrected chi connectivity index (χ2v) is 4.18. The lowest BCUT2D eigenvalue weighted by Gasteiger charge is -2.12. The fourth-order valence-corrected chi connectivity index (χ4v) is 1.84. The van der Waals surface area contributed by atoms with E-state index in [1.54, 1.807) is 16.8 Å². The van der Waals surface area contributed by atoms with Gasteiger partial charge in [0.1, 0.15) is 11.6 Å². The highest BCUT2D eigenvalue weighted by Gasteiger charge is 2.14. The molecular formula is C13H16FN3O. The molecule has 1 heterocycles. The molecule has 18 heavy (non-hydrogen) atoms. The molecule has 5 heteroatoms. The van der Waals surface area contributed by atoms with Crippen molar-refractivity contribution in [1.29, 1.82) is 0 Å². The number of rotatable bonds is 4. The third-order valence-corrected chi connectivity index (χ3v) is 2.80. The molecule has 1 aromatic heterocycles. The van der Waals surface area contributed by atoms with Gasteiger partial charge in [0.15, 0.2) is 0 Å². The maximum atomic E-state index is 13.8. The van der Waals surface area contributed by atoms with Crippen LogP contribution in [0.2, 0.25) is 0 Å². The molecule has 2 N–H and O–H groups in total. The van der Waals surface area contributed by atoms with Crippen LogP contribution in [0, 0.1) is 5.82 Å². The molecule has 0 radical (unpaired) electrons. The fourth-order valence-electron chi connectivity index (χ4n) is 1.84. The third-order valence-electron chi connectivity index (χ3n) is 2.80. The first-order valence-corrected chi connectivity index (χ1v) is 5.67. The number of aryl methyl sites for hydroxylation is 1. The van der Waals surface area contributed by atoms with E-state index >= 15 is 0 Å². The van der Waals surface area contributed by atoms with Gasteiger partial charge in [-0.25, -0.2) is 4.39 Å². The molecule has 1 unspecified atom stereocenters. The summed E-state index contributed by atoms with van der Waals surface area (Å²) in [6.07, 6.45) is 2.34. The van der Waals surface area contributed by atoms with E-state index in [2.05, 4.69) is 5.10 Å². The Labute approximate surface area is 105 Å². The van der Waals surface area contributed by atoms with Crippen molar-refractivity contribution in [3.8, 4) is 5.75 Å². The number of ether oxygens (including phenoxy) is 1. The van der Waals surface area contributed by atoms with Crippen molar-refractivity contribution in [3.63, 3.8) is 0 Å². The topological polar surface area (TPSA) is 53.1 Å². The normalized spacial score (nSPS) is 12.4. The molecule has 0 saturated heterocycles. The molecule has 2 rings (SSSR count). The van der Waals surface area contributed by atoms with Gasteiger partial charge in [-0.1, -0.05) is 6.07 Å². The summed E-state index contributed by atoms with van der Waals surface area (Å²) in [5, 5.41) is 4.23. The summed E-state index contributed by atoms with van der Waals surface area (Å²) in [7, 11) is 3.34. The van der Waals surface area contributed by atoms with Crippen molar-refractivity contribution in [2.24, 2.45) is 12.8 Å². The summed E-state index contributed by atoms with van der Waals surface area (Å²) in [6, 6.07) is 6.17. The van der Waals surface area contributed by atoms with Crippen LogP contribution >= 0.6 is 0 Å². The molecule has 0 saturated carbocycles. The van der Waals surface area contributed by atoms with Crippen molar-refractivity contribution in [2.45, 2.75) is 12.5 Å². The number of aromatic nitrogens is 2. The average Bonchev–Trinajstić information content (AvgIpc) is 2.74. The Morgan fingerprint density at radius 3 is 2.78 bits per heavy atom. The van der Waals surface area contributed by atoms with Crippen LogP contribution in [0.4, 0.5) is 4.39 Å². The van der Waals surface area contributed by atoms with E-state index in [0.717, 1.165) is 5.69 Å². The van der Waals surface area contributed by atoms with Gasteiger partial charge in [0.2, 0.25) is 0 Å². The maximum Gasteiger partial charge on any atom is 0.131 e. The highest BCUT2D eigenvalue weighted by molar-refractivity contribution is 5.31. The van der Waals surface area contributed by atoms with Crippen molar-refractivity contribution >= 4 is 0 Å². The lowest BCUT2D eigenvalue weighted by Crippen LogP contribution is -2.15. The third kappa shape index (κ3) is 2.68. The first-order valence-electron chi connectivity index (χ1n) is 5.67. The van der Waals surface area contributed by atoms with Gasteiger partial charge in [0, 0.05) is 37.3 Å². The van der Waals surface area contributed by atoms with E-state index in [1.807, 2.05) is 19.3 Å². The number of nitrogens with two attached hydrogens (primary N) is 1. The van der Waals surface area contributed by atoms with Crippen LogP contribution in [0.25, 0.3) is 0 Å². The van der Waals surface area contributed by atoms with Crippen LogP contribution in [-0.4, -0.2) is 16.9 Å². The van der Waals surface area contributed by atoms with Gasteiger partial charge in [0.05, 0.1) is 12.8 Å². The Hall–Kier alpha value is -1.88. The SMILES string of the molecule is COc1ccc(C(N)Cc2ccn(C)n2)c(F)c1. The van der Waals surface area contributed by atoms with Crippen LogP contribution in [0.15, 0.2) is 30.5 Å². The predicted octanol–water partition coefficient (Wildman–Crippen LogP) is 1.81. The van der Waals surface area contributed by atoms with Gasteiger partial charge in [0.25, 0.3) is 0 Å². The number of hydrogen-bond acceptors (Lipinski definition) is 3. The van der Waals surface area contributed by atoms with Gasteiger partial charge in [-0.3, -0.25) is 4.68 Å². The Bertz CT molecular complexity index is 539. The lowest BCUT2D eigenvalue weighted by atomic mass is 10.0. The molecule has 0 aliphatic heterocycles. The van der Waals surface area contributed by atoms with E-state index in [1.165, 1.54) is 13.2 Å². The summed E-state index contributed by atoms with van der Waals surface area (Å²) in [6.45, 7) is 0. The average molecular weight is 249 g/mol. The predicted molar refractivity (Wildman–Crippen MR) is 66.8 cm³/mol. The van der Waals surface area contributed by atoms with Gasteiger partial charge in [-0.05, 0) is 12.1 Å². The number of methoxy groups -OCH3 is 1. The molecule has 1 aromatic carbocycles. The molecule has 1 atom stereocenters. The Kier molecular flexibility index (Phi) is 3.62. The molecule has 0 fully saturated rings. The van der Waals surface area contributed by atoms with Gasteiger partial charge in [-0.2, -0.15) is 5.10 Å². The van der Waals surface area contributed by atoms with Gasteiger partial charge < -0.3 is 10.5 Å². The fraction of sp³-hybridized carbons (Fsp3) is 0.308. The Morgan fingerprint density at radius 1 is 1.44 bits per heavy atom. The summed E-state index contributed by atoms with van der Waals surface area (Å²) >= 11 is 0. The molecule has 2 aromatic rings. The van der Waals surface area contributed by atoms with E-state index in [0.29, 0.717) is 17.7 Å². The highest BCUT2D eigenvalue weighted by Crippen LogP contribution is 2.22. The quantitative estimate of drug-likeness (QED) is 0.899. The summed E-state index contributed by atoms with van der Waals surface area (Å²) in [4.78, 5) is 0. The second kappa shape index (κ2) is 5.18. The van der Waals surface area contributed by atoms with Gasteiger partial charge >= 0.3 is 0 Å². The zero-order chi connectivity index (χ0) is 13.1. The minimum Gasteiger partial charge on any atom is -0.497 e. The Morgan fingerprint density at radius 2 is 2.22 bits per heavy atom. The summed E-state index contributed by atoms with van der Waals surface area (Å²) in [5.41, 5.74) is 7.32. The van der Waals surface area contributed by atoms with E-state index < -0.39 is 6.04 Å². The zero-order valence-corrected chi connectivity index (χ0v) is 10.4. The zero-order valence-electron chi connectivity index (χ0n) is 10.4. The molecule has 4 nitrogen and oxygen atoms in total. The van der Waals surface area contributed by atoms with Crippen LogP contribution in [0.1, 0.15) is 17.3 Å². The first-order chi connectivity index (χ1) is 8.60.